The molecule has 0 aromatic carbocycles. The summed E-state index contributed by atoms with van der Waals surface area (Å²) in [6, 6.07) is 0. The SMILES string of the molecule is CCc1nc(CCNC(C)(C)C)n(C)n1. The lowest BCUT2D eigenvalue weighted by Gasteiger charge is -2.20. The summed E-state index contributed by atoms with van der Waals surface area (Å²) in [6.07, 6.45) is 1.83. The van der Waals surface area contributed by atoms with Crippen LogP contribution in [-0.2, 0) is 19.9 Å². The molecule has 1 heterocycles. The summed E-state index contributed by atoms with van der Waals surface area (Å²) in [6.45, 7) is 9.52. The van der Waals surface area contributed by atoms with Gasteiger partial charge in [-0.2, -0.15) is 5.10 Å². The van der Waals surface area contributed by atoms with Gasteiger partial charge in [-0.1, -0.05) is 6.92 Å². The van der Waals surface area contributed by atoms with Crippen LogP contribution in [0.4, 0.5) is 0 Å². The van der Waals surface area contributed by atoms with Gasteiger partial charge in [-0.15, -0.1) is 0 Å². The van der Waals surface area contributed by atoms with Crippen molar-refractivity contribution in [3.8, 4) is 0 Å². The maximum absolute atomic E-state index is 4.46. The van der Waals surface area contributed by atoms with Gasteiger partial charge in [-0.05, 0) is 20.8 Å². The maximum atomic E-state index is 4.46. The average Bonchev–Trinajstić information content (AvgIpc) is 2.45. The lowest BCUT2D eigenvalue weighted by molar-refractivity contribution is 0.425. The third-order valence-electron chi connectivity index (χ3n) is 2.22. The van der Waals surface area contributed by atoms with Gasteiger partial charge in [0.1, 0.15) is 5.82 Å². The summed E-state index contributed by atoms with van der Waals surface area (Å²) in [7, 11) is 1.96. The smallest absolute Gasteiger partial charge is 0.150 e. The highest BCUT2D eigenvalue weighted by Crippen LogP contribution is 2.01. The predicted molar refractivity (Wildman–Crippen MR) is 61.8 cm³/mol. The van der Waals surface area contributed by atoms with Crippen molar-refractivity contribution in [1.29, 1.82) is 0 Å². The van der Waals surface area contributed by atoms with Crippen LogP contribution in [-0.4, -0.2) is 26.8 Å². The normalized spacial score (nSPS) is 12.1. The molecule has 4 nitrogen and oxygen atoms in total. The van der Waals surface area contributed by atoms with Crippen molar-refractivity contribution in [2.45, 2.75) is 46.1 Å². The molecule has 1 aromatic heterocycles. The van der Waals surface area contributed by atoms with Gasteiger partial charge in [0.25, 0.3) is 0 Å². The first-order valence-electron chi connectivity index (χ1n) is 5.56. The van der Waals surface area contributed by atoms with Gasteiger partial charge in [0.15, 0.2) is 5.82 Å². The van der Waals surface area contributed by atoms with Gasteiger partial charge in [0.2, 0.25) is 0 Å². The Morgan fingerprint density at radius 2 is 2.00 bits per heavy atom. The zero-order valence-corrected chi connectivity index (χ0v) is 10.5. The fourth-order valence-electron chi connectivity index (χ4n) is 1.39. The number of aromatic nitrogens is 3. The fourth-order valence-corrected chi connectivity index (χ4v) is 1.39. The third-order valence-corrected chi connectivity index (χ3v) is 2.22. The standard InChI is InChI=1S/C11H22N4/c1-6-9-13-10(15(5)14-9)7-8-12-11(2,3)4/h12H,6-8H2,1-5H3. The third kappa shape index (κ3) is 4.00. The molecule has 0 spiro atoms. The maximum Gasteiger partial charge on any atom is 0.150 e. The number of nitrogens with one attached hydrogen (secondary N) is 1. The lowest BCUT2D eigenvalue weighted by Crippen LogP contribution is -2.37. The Kier molecular flexibility index (Phi) is 3.85. The molecule has 1 N–H and O–H groups in total. The molecule has 0 atom stereocenters. The number of hydrogen-bond acceptors (Lipinski definition) is 3. The zero-order chi connectivity index (χ0) is 11.5. The van der Waals surface area contributed by atoms with Crippen LogP contribution in [0.5, 0.6) is 0 Å². The van der Waals surface area contributed by atoms with Crippen LogP contribution in [0.1, 0.15) is 39.3 Å². The second-order valence-corrected chi connectivity index (χ2v) is 4.85. The number of rotatable bonds is 4. The first kappa shape index (κ1) is 12.2. The molecule has 0 radical (unpaired) electrons. The minimum absolute atomic E-state index is 0.173. The van der Waals surface area contributed by atoms with Gasteiger partial charge in [0.05, 0.1) is 0 Å². The van der Waals surface area contributed by atoms with E-state index in [1.807, 2.05) is 11.7 Å². The summed E-state index contributed by atoms with van der Waals surface area (Å²) >= 11 is 0. The first-order valence-corrected chi connectivity index (χ1v) is 5.56. The minimum Gasteiger partial charge on any atom is -0.312 e. The van der Waals surface area contributed by atoms with E-state index in [9.17, 15) is 0 Å². The lowest BCUT2D eigenvalue weighted by atomic mass is 10.1. The van der Waals surface area contributed by atoms with E-state index in [0.717, 1.165) is 31.0 Å². The van der Waals surface area contributed by atoms with Crippen molar-refractivity contribution in [3.63, 3.8) is 0 Å². The molecule has 0 aliphatic rings. The monoisotopic (exact) mass is 210 g/mol. The van der Waals surface area contributed by atoms with Crippen molar-refractivity contribution in [1.82, 2.24) is 20.1 Å². The molecule has 0 aliphatic heterocycles. The Labute approximate surface area is 92.1 Å². The van der Waals surface area contributed by atoms with E-state index in [1.165, 1.54) is 0 Å². The largest absolute Gasteiger partial charge is 0.312 e. The second-order valence-electron chi connectivity index (χ2n) is 4.85. The van der Waals surface area contributed by atoms with E-state index in [0.29, 0.717) is 0 Å². The van der Waals surface area contributed by atoms with E-state index >= 15 is 0 Å². The quantitative estimate of drug-likeness (QED) is 0.814. The van der Waals surface area contributed by atoms with Gasteiger partial charge in [0, 0.05) is 32.0 Å². The topological polar surface area (TPSA) is 42.7 Å². The average molecular weight is 210 g/mol. The van der Waals surface area contributed by atoms with E-state index in [1.54, 1.807) is 0 Å². The fraction of sp³-hybridized carbons (Fsp3) is 0.818. The first-order chi connectivity index (χ1) is 6.92. The molecule has 1 aromatic rings. The second kappa shape index (κ2) is 4.75. The molecule has 0 saturated heterocycles. The molecule has 1 rings (SSSR count). The van der Waals surface area contributed by atoms with Crippen LogP contribution in [0.25, 0.3) is 0 Å². The Hall–Kier alpha value is -0.900. The summed E-state index contributed by atoms with van der Waals surface area (Å²) in [5.74, 6) is 1.99. The summed E-state index contributed by atoms with van der Waals surface area (Å²) in [4.78, 5) is 4.46. The molecule has 4 heteroatoms. The number of hydrogen-bond donors (Lipinski definition) is 1. The minimum atomic E-state index is 0.173. The molecular weight excluding hydrogens is 188 g/mol. The highest BCUT2D eigenvalue weighted by molar-refractivity contribution is 4.93. The molecule has 86 valence electrons. The van der Waals surface area contributed by atoms with Crippen LogP contribution in [0.3, 0.4) is 0 Å². The van der Waals surface area contributed by atoms with Crippen LogP contribution >= 0.6 is 0 Å². The number of nitrogens with zero attached hydrogens (tertiary/aromatic N) is 3. The van der Waals surface area contributed by atoms with Crippen molar-refractivity contribution in [3.05, 3.63) is 11.6 Å². The Balaban J connectivity index is 2.47. The van der Waals surface area contributed by atoms with Gasteiger partial charge in [-0.25, -0.2) is 4.98 Å². The van der Waals surface area contributed by atoms with E-state index < -0.39 is 0 Å². The molecule has 0 amide bonds. The van der Waals surface area contributed by atoms with Gasteiger partial charge in [-0.3, -0.25) is 4.68 Å². The van der Waals surface area contributed by atoms with Crippen LogP contribution in [0, 0.1) is 0 Å². The van der Waals surface area contributed by atoms with E-state index in [2.05, 4.69) is 43.1 Å². The van der Waals surface area contributed by atoms with Gasteiger partial charge >= 0.3 is 0 Å². The molecule has 0 saturated carbocycles. The Bertz CT molecular complexity index is 309. The van der Waals surface area contributed by atoms with Crippen LogP contribution in [0.2, 0.25) is 0 Å². The summed E-state index contributed by atoms with van der Waals surface area (Å²) in [5, 5.41) is 7.77. The van der Waals surface area contributed by atoms with Crippen molar-refractivity contribution in [2.75, 3.05) is 6.54 Å². The zero-order valence-electron chi connectivity index (χ0n) is 10.5. The van der Waals surface area contributed by atoms with Crippen LogP contribution < -0.4 is 5.32 Å². The van der Waals surface area contributed by atoms with Crippen molar-refractivity contribution >= 4 is 0 Å². The van der Waals surface area contributed by atoms with E-state index in [-0.39, 0.29) is 5.54 Å². The highest BCUT2D eigenvalue weighted by Gasteiger charge is 2.10. The molecule has 0 unspecified atom stereocenters. The van der Waals surface area contributed by atoms with Crippen LogP contribution in [0.15, 0.2) is 0 Å². The Morgan fingerprint density at radius 3 is 2.47 bits per heavy atom. The Morgan fingerprint density at radius 1 is 1.33 bits per heavy atom. The summed E-state index contributed by atoms with van der Waals surface area (Å²) in [5.41, 5.74) is 0.173. The molecule has 0 aliphatic carbocycles. The van der Waals surface area contributed by atoms with Crippen molar-refractivity contribution < 1.29 is 0 Å². The molecular formula is C11H22N4. The summed E-state index contributed by atoms with van der Waals surface area (Å²) < 4.78 is 1.88. The molecule has 15 heavy (non-hydrogen) atoms. The molecule has 0 fully saturated rings. The van der Waals surface area contributed by atoms with Gasteiger partial charge < -0.3 is 5.32 Å². The van der Waals surface area contributed by atoms with E-state index in [4.69, 9.17) is 0 Å². The highest BCUT2D eigenvalue weighted by atomic mass is 15.3. The number of aryl methyl sites for hydroxylation is 2. The van der Waals surface area contributed by atoms with Crippen molar-refractivity contribution in [2.24, 2.45) is 7.05 Å². The predicted octanol–water partition coefficient (Wildman–Crippen LogP) is 1.31. The molecule has 0 bridgehead atoms.